The average molecular weight is 461 g/mol. The third kappa shape index (κ3) is 6.18. The van der Waals surface area contributed by atoms with Gasteiger partial charge in [-0.3, -0.25) is 0 Å². The number of benzene rings is 1. The minimum Gasteiger partial charge on any atom is -0.491 e. The van der Waals surface area contributed by atoms with Crippen LogP contribution in [-0.2, 0) is 4.74 Å². The third-order valence-electron chi connectivity index (χ3n) is 8.77. The summed E-state index contributed by atoms with van der Waals surface area (Å²) in [6, 6.07) is 3.29. The highest BCUT2D eigenvalue weighted by Gasteiger charge is 2.31. The smallest absolute Gasteiger partial charge is 0.200 e. The van der Waals surface area contributed by atoms with Crippen molar-refractivity contribution in [2.24, 2.45) is 23.7 Å². The second-order valence-corrected chi connectivity index (χ2v) is 10.7. The van der Waals surface area contributed by atoms with E-state index in [0.717, 1.165) is 50.0 Å². The first kappa shape index (κ1) is 24.7. The molecule has 0 radical (unpaired) electrons. The summed E-state index contributed by atoms with van der Waals surface area (Å²) < 4.78 is 40.4. The molecule has 0 heterocycles. The summed E-state index contributed by atoms with van der Waals surface area (Å²) in [5.74, 6) is 1.66. The van der Waals surface area contributed by atoms with Crippen LogP contribution in [0.15, 0.2) is 24.8 Å². The molecule has 0 aromatic heterocycles. The fourth-order valence-corrected chi connectivity index (χ4v) is 6.62. The Bertz CT molecular complexity index is 755. The van der Waals surface area contributed by atoms with Gasteiger partial charge in [0.15, 0.2) is 11.6 Å². The van der Waals surface area contributed by atoms with Crippen LogP contribution in [0.25, 0.3) is 0 Å². The lowest BCUT2D eigenvalue weighted by Crippen LogP contribution is -2.29. The van der Waals surface area contributed by atoms with Gasteiger partial charge in [0.1, 0.15) is 0 Å². The van der Waals surface area contributed by atoms with E-state index in [1.807, 2.05) is 0 Å². The normalized spacial score (nSPS) is 32.9. The monoisotopic (exact) mass is 460 g/mol. The summed E-state index contributed by atoms with van der Waals surface area (Å²) in [5.41, 5.74) is 0.510. The van der Waals surface area contributed by atoms with Crippen LogP contribution in [0.2, 0.25) is 0 Å². The van der Waals surface area contributed by atoms with Crippen molar-refractivity contribution in [2.75, 3.05) is 13.2 Å². The largest absolute Gasteiger partial charge is 0.491 e. The predicted molar refractivity (Wildman–Crippen MR) is 130 cm³/mol. The molecule has 3 aliphatic carbocycles. The van der Waals surface area contributed by atoms with Crippen LogP contribution in [0.1, 0.15) is 95.5 Å². The van der Waals surface area contributed by atoms with Crippen molar-refractivity contribution in [2.45, 2.75) is 96.0 Å². The molecule has 0 N–H and O–H groups in total. The molecule has 3 saturated carbocycles. The van der Waals surface area contributed by atoms with Crippen LogP contribution in [0.4, 0.5) is 8.78 Å². The van der Waals surface area contributed by atoms with Gasteiger partial charge in [-0.15, -0.1) is 6.58 Å². The Morgan fingerprint density at radius 1 is 0.848 bits per heavy atom. The molecule has 0 aliphatic heterocycles. The molecule has 2 nitrogen and oxygen atoms in total. The van der Waals surface area contributed by atoms with Crippen LogP contribution in [0.5, 0.6) is 5.75 Å². The molecule has 0 atom stereocenters. The first-order valence-electron chi connectivity index (χ1n) is 13.4. The standard InChI is InChI=1S/C29H42F2O2/c1-3-20-5-9-22(10-6-20)23-13-15-25(16-14-23)33-19-21-7-11-24(12-8-21)26-17-18-27(32-4-2)29(31)28(26)30/h3,17-18,20-25H,1,4-16,19H2,2H3. The number of hydrogen-bond acceptors (Lipinski definition) is 2. The maximum atomic E-state index is 14.6. The first-order valence-corrected chi connectivity index (χ1v) is 13.4. The Hall–Kier alpha value is -1.42. The van der Waals surface area contributed by atoms with Crippen LogP contribution in [0, 0.1) is 35.3 Å². The Balaban J connectivity index is 1.17. The fourth-order valence-electron chi connectivity index (χ4n) is 6.62. The molecule has 0 amide bonds. The molecular formula is C29H42F2O2. The van der Waals surface area contributed by atoms with Crippen molar-refractivity contribution in [1.29, 1.82) is 0 Å². The number of halogens is 2. The van der Waals surface area contributed by atoms with Gasteiger partial charge in [0.25, 0.3) is 0 Å². The molecule has 0 saturated heterocycles. The highest BCUT2D eigenvalue weighted by Crippen LogP contribution is 2.42. The Morgan fingerprint density at radius 2 is 1.48 bits per heavy atom. The van der Waals surface area contributed by atoms with Gasteiger partial charge in [-0.25, -0.2) is 4.39 Å². The average Bonchev–Trinajstić information content (AvgIpc) is 2.87. The van der Waals surface area contributed by atoms with E-state index in [0.29, 0.717) is 24.2 Å². The zero-order chi connectivity index (χ0) is 23.2. The van der Waals surface area contributed by atoms with Crippen molar-refractivity contribution in [3.8, 4) is 5.75 Å². The Labute approximate surface area is 199 Å². The minimum absolute atomic E-state index is 0.0139. The predicted octanol–water partition coefficient (Wildman–Crippen LogP) is 8.21. The Morgan fingerprint density at radius 3 is 2.09 bits per heavy atom. The lowest BCUT2D eigenvalue weighted by atomic mass is 9.70. The zero-order valence-electron chi connectivity index (χ0n) is 20.4. The molecule has 1 aromatic carbocycles. The molecule has 0 spiro atoms. The maximum absolute atomic E-state index is 14.6. The van der Waals surface area contributed by atoms with Crippen LogP contribution >= 0.6 is 0 Å². The van der Waals surface area contributed by atoms with Gasteiger partial charge in [0.2, 0.25) is 5.82 Å². The molecule has 184 valence electrons. The van der Waals surface area contributed by atoms with E-state index in [-0.39, 0.29) is 11.7 Å². The van der Waals surface area contributed by atoms with Crippen molar-refractivity contribution in [3.05, 3.63) is 42.0 Å². The fraction of sp³-hybridized carbons (Fsp3) is 0.724. The topological polar surface area (TPSA) is 18.5 Å². The van der Waals surface area contributed by atoms with Crippen molar-refractivity contribution < 1.29 is 18.3 Å². The maximum Gasteiger partial charge on any atom is 0.200 e. The van der Waals surface area contributed by atoms with Gasteiger partial charge in [-0.2, -0.15) is 4.39 Å². The highest BCUT2D eigenvalue weighted by atomic mass is 19.2. The number of hydrogen-bond donors (Lipinski definition) is 0. The van der Waals surface area contributed by atoms with Gasteiger partial charge < -0.3 is 9.47 Å². The highest BCUT2D eigenvalue weighted by molar-refractivity contribution is 5.33. The molecule has 4 rings (SSSR count). The van der Waals surface area contributed by atoms with E-state index in [4.69, 9.17) is 9.47 Å². The molecule has 3 aliphatic rings. The van der Waals surface area contributed by atoms with Gasteiger partial charge >= 0.3 is 0 Å². The van der Waals surface area contributed by atoms with E-state index < -0.39 is 11.6 Å². The summed E-state index contributed by atoms with van der Waals surface area (Å²) in [6.45, 7) is 6.91. The molecule has 33 heavy (non-hydrogen) atoms. The van der Waals surface area contributed by atoms with Crippen LogP contribution < -0.4 is 4.74 Å². The van der Waals surface area contributed by atoms with Crippen LogP contribution in [0.3, 0.4) is 0 Å². The van der Waals surface area contributed by atoms with E-state index in [1.54, 1.807) is 19.1 Å². The van der Waals surface area contributed by atoms with Gasteiger partial charge in [0, 0.05) is 6.61 Å². The van der Waals surface area contributed by atoms with Gasteiger partial charge in [-0.05, 0) is 125 Å². The second-order valence-electron chi connectivity index (χ2n) is 10.7. The van der Waals surface area contributed by atoms with Crippen molar-refractivity contribution >= 4 is 0 Å². The summed E-state index contributed by atoms with van der Waals surface area (Å²) in [7, 11) is 0. The lowest BCUT2D eigenvalue weighted by molar-refractivity contribution is -0.0151. The second kappa shape index (κ2) is 11.8. The van der Waals surface area contributed by atoms with Crippen molar-refractivity contribution in [1.82, 2.24) is 0 Å². The molecule has 0 bridgehead atoms. The van der Waals surface area contributed by atoms with Gasteiger partial charge in [-0.1, -0.05) is 12.1 Å². The van der Waals surface area contributed by atoms with E-state index in [1.165, 1.54) is 51.4 Å². The van der Waals surface area contributed by atoms with Crippen LogP contribution in [-0.4, -0.2) is 19.3 Å². The molecule has 3 fully saturated rings. The lowest BCUT2D eigenvalue weighted by Gasteiger charge is -2.38. The first-order chi connectivity index (χ1) is 16.1. The SMILES string of the molecule is C=CC1CCC(C2CCC(OCC3CCC(c4ccc(OCC)c(F)c4F)CC3)CC2)CC1. The summed E-state index contributed by atoms with van der Waals surface area (Å²) in [4.78, 5) is 0. The molecule has 4 heteroatoms. The van der Waals surface area contributed by atoms with E-state index in [2.05, 4.69) is 12.7 Å². The van der Waals surface area contributed by atoms with E-state index >= 15 is 0 Å². The Kier molecular flexibility index (Phi) is 8.85. The molecular weight excluding hydrogens is 418 g/mol. The van der Waals surface area contributed by atoms with E-state index in [9.17, 15) is 8.78 Å². The third-order valence-corrected chi connectivity index (χ3v) is 8.77. The number of ether oxygens (including phenoxy) is 2. The molecule has 1 aromatic rings. The number of rotatable bonds is 8. The zero-order valence-corrected chi connectivity index (χ0v) is 20.4. The minimum atomic E-state index is -0.843. The number of allylic oxidation sites excluding steroid dienone is 1. The summed E-state index contributed by atoms with van der Waals surface area (Å²) >= 11 is 0. The van der Waals surface area contributed by atoms with Gasteiger partial charge in [0.05, 0.1) is 12.7 Å². The summed E-state index contributed by atoms with van der Waals surface area (Å²) in [6.07, 6.45) is 16.9. The quantitative estimate of drug-likeness (QED) is 0.364. The van der Waals surface area contributed by atoms with Crippen molar-refractivity contribution in [3.63, 3.8) is 0 Å². The molecule has 0 unspecified atom stereocenters. The summed E-state index contributed by atoms with van der Waals surface area (Å²) in [5, 5.41) is 0.